The molecule has 0 aliphatic heterocycles. The zero-order valence-corrected chi connectivity index (χ0v) is 10.6. The smallest absolute Gasteiger partial charge is 0.316 e. The van der Waals surface area contributed by atoms with Crippen LogP contribution in [0, 0.1) is 0 Å². The predicted molar refractivity (Wildman–Crippen MR) is 66.2 cm³/mol. The average Bonchev–Trinajstić information content (AvgIpc) is 2.89. The van der Waals surface area contributed by atoms with Crippen molar-refractivity contribution in [1.29, 1.82) is 0 Å². The van der Waals surface area contributed by atoms with E-state index in [4.69, 9.17) is 9.63 Å². The van der Waals surface area contributed by atoms with Gasteiger partial charge in [-0.2, -0.15) is 4.98 Å². The largest absolute Gasteiger partial charge is 0.394 e. The highest BCUT2D eigenvalue weighted by atomic mass is 16.5. The van der Waals surface area contributed by atoms with Gasteiger partial charge < -0.3 is 14.9 Å². The molecule has 2 aromatic heterocycles. The van der Waals surface area contributed by atoms with Crippen LogP contribution in [0.1, 0.15) is 24.5 Å². The Labute approximate surface area is 109 Å². The number of aromatic nitrogens is 3. The molecule has 100 valence electrons. The number of hydrogen-bond donors (Lipinski definition) is 2. The molecule has 0 fully saturated rings. The van der Waals surface area contributed by atoms with Crippen molar-refractivity contribution in [3.05, 3.63) is 30.4 Å². The number of amides is 1. The molecule has 0 aliphatic carbocycles. The lowest BCUT2D eigenvalue weighted by atomic mass is 10.1. The number of pyridine rings is 1. The summed E-state index contributed by atoms with van der Waals surface area (Å²) < 4.78 is 4.90. The summed E-state index contributed by atoms with van der Waals surface area (Å²) in [5, 5.41) is 15.4. The molecule has 0 radical (unpaired) electrons. The van der Waals surface area contributed by atoms with Crippen LogP contribution in [0.25, 0.3) is 11.4 Å². The van der Waals surface area contributed by atoms with Gasteiger partial charge >= 0.3 is 11.8 Å². The van der Waals surface area contributed by atoms with Gasteiger partial charge in [-0.05, 0) is 26.0 Å². The molecule has 0 unspecified atom stereocenters. The monoisotopic (exact) mass is 262 g/mol. The minimum Gasteiger partial charge on any atom is -0.394 e. The van der Waals surface area contributed by atoms with E-state index in [1.807, 2.05) is 0 Å². The van der Waals surface area contributed by atoms with Crippen LogP contribution in [-0.4, -0.2) is 38.3 Å². The summed E-state index contributed by atoms with van der Waals surface area (Å²) in [5.41, 5.74) is -0.0400. The zero-order valence-electron chi connectivity index (χ0n) is 10.6. The first-order valence-corrected chi connectivity index (χ1v) is 5.69. The summed E-state index contributed by atoms with van der Waals surface area (Å²) in [4.78, 5) is 19.7. The average molecular weight is 262 g/mol. The zero-order chi connectivity index (χ0) is 13.9. The van der Waals surface area contributed by atoms with E-state index in [0.717, 1.165) is 0 Å². The van der Waals surface area contributed by atoms with Gasteiger partial charge in [-0.3, -0.25) is 9.78 Å². The number of rotatable bonds is 4. The van der Waals surface area contributed by atoms with E-state index in [9.17, 15) is 4.79 Å². The first-order valence-electron chi connectivity index (χ1n) is 5.69. The minimum atomic E-state index is -0.748. The van der Waals surface area contributed by atoms with Crippen LogP contribution in [0.3, 0.4) is 0 Å². The summed E-state index contributed by atoms with van der Waals surface area (Å²) in [7, 11) is 0. The van der Waals surface area contributed by atoms with Crippen molar-refractivity contribution in [3.8, 4) is 11.4 Å². The standard InChI is InChI=1S/C12H14N4O3/c1-12(2,7-17)15-10(18)11-14-9(16-19-11)8-3-5-13-6-4-8/h3-6,17H,7H2,1-2H3,(H,15,18). The quantitative estimate of drug-likeness (QED) is 0.838. The Hall–Kier alpha value is -2.28. The first-order chi connectivity index (χ1) is 9.02. The molecule has 7 nitrogen and oxygen atoms in total. The third-order valence-electron chi connectivity index (χ3n) is 2.41. The van der Waals surface area contributed by atoms with E-state index < -0.39 is 11.4 Å². The second-order valence-electron chi connectivity index (χ2n) is 4.66. The number of carbonyl (C=O) groups excluding carboxylic acids is 1. The lowest BCUT2D eigenvalue weighted by molar-refractivity contribution is 0.0825. The van der Waals surface area contributed by atoms with E-state index in [1.54, 1.807) is 38.4 Å². The fraction of sp³-hybridized carbons (Fsp3) is 0.333. The molecule has 0 aliphatic rings. The molecule has 0 spiro atoms. The van der Waals surface area contributed by atoms with Gasteiger partial charge in [-0.25, -0.2) is 0 Å². The molecular formula is C12H14N4O3. The molecular weight excluding hydrogens is 248 g/mol. The van der Waals surface area contributed by atoms with Gasteiger partial charge in [0.05, 0.1) is 12.1 Å². The predicted octanol–water partition coefficient (Wildman–Crippen LogP) is 0.632. The fourth-order valence-electron chi connectivity index (χ4n) is 1.33. The Bertz CT molecular complexity index is 565. The van der Waals surface area contributed by atoms with Gasteiger partial charge in [0, 0.05) is 18.0 Å². The lowest BCUT2D eigenvalue weighted by Gasteiger charge is -2.21. The summed E-state index contributed by atoms with van der Waals surface area (Å²) in [6.45, 7) is 3.18. The minimum absolute atomic E-state index is 0.145. The SMILES string of the molecule is CC(C)(CO)NC(=O)c1nc(-c2ccncc2)no1. The normalized spacial score (nSPS) is 11.3. The van der Waals surface area contributed by atoms with Crippen LogP contribution in [0.15, 0.2) is 29.0 Å². The summed E-state index contributed by atoms with van der Waals surface area (Å²) >= 11 is 0. The van der Waals surface area contributed by atoms with Crippen LogP contribution in [0.5, 0.6) is 0 Å². The van der Waals surface area contributed by atoms with Gasteiger partial charge in [-0.15, -0.1) is 0 Å². The Morgan fingerprint density at radius 3 is 2.74 bits per heavy atom. The molecule has 2 N–H and O–H groups in total. The van der Waals surface area contributed by atoms with Crippen LogP contribution < -0.4 is 5.32 Å². The Kier molecular flexibility index (Phi) is 3.57. The molecule has 2 rings (SSSR count). The highest BCUT2D eigenvalue weighted by Crippen LogP contribution is 2.14. The van der Waals surface area contributed by atoms with Crippen LogP contribution in [0.2, 0.25) is 0 Å². The summed E-state index contributed by atoms with van der Waals surface area (Å²) in [5.74, 6) is -0.352. The van der Waals surface area contributed by atoms with Gasteiger partial charge in [-0.1, -0.05) is 5.16 Å². The van der Waals surface area contributed by atoms with Crippen molar-refractivity contribution in [2.45, 2.75) is 19.4 Å². The molecule has 7 heteroatoms. The van der Waals surface area contributed by atoms with Gasteiger partial charge in [0.1, 0.15) is 0 Å². The Balaban J connectivity index is 2.16. The first kappa shape index (κ1) is 13.2. The Morgan fingerprint density at radius 1 is 1.42 bits per heavy atom. The van der Waals surface area contributed by atoms with Crippen molar-refractivity contribution in [1.82, 2.24) is 20.4 Å². The van der Waals surface area contributed by atoms with E-state index in [2.05, 4.69) is 20.4 Å². The van der Waals surface area contributed by atoms with Crippen molar-refractivity contribution in [3.63, 3.8) is 0 Å². The van der Waals surface area contributed by atoms with Crippen LogP contribution in [0.4, 0.5) is 0 Å². The molecule has 2 aromatic rings. The molecule has 2 heterocycles. The molecule has 0 bridgehead atoms. The number of nitrogens with one attached hydrogen (secondary N) is 1. The second kappa shape index (κ2) is 5.15. The maximum absolute atomic E-state index is 11.8. The van der Waals surface area contributed by atoms with E-state index in [0.29, 0.717) is 11.4 Å². The van der Waals surface area contributed by atoms with Crippen LogP contribution >= 0.6 is 0 Å². The summed E-state index contributed by atoms with van der Waals surface area (Å²) in [6, 6.07) is 3.42. The van der Waals surface area contributed by atoms with Crippen molar-refractivity contribution in [2.24, 2.45) is 0 Å². The van der Waals surface area contributed by atoms with E-state index in [-0.39, 0.29) is 12.5 Å². The summed E-state index contributed by atoms with van der Waals surface area (Å²) in [6.07, 6.45) is 3.20. The van der Waals surface area contributed by atoms with Gasteiger partial charge in [0.15, 0.2) is 0 Å². The Morgan fingerprint density at radius 2 is 2.11 bits per heavy atom. The molecule has 1 amide bonds. The van der Waals surface area contributed by atoms with Crippen molar-refractivity contribution >= 4 is 5.91 Å². The number of aliphatic hydroxyl groups excluding tert-OH is 1. The third kappa shape index (κ3) is 3.14. The number of hydrogen-bond acceptors (Lipinski definition) is 6. The number of nitrogens with zero attached hydrogens (tertiary/aromatic N) is 3. The molecule has 19 heavy (non-hydrogen) atoms. The van der Waals surface area contributed by atoms with Crippen LogP contribution in [-0.2, 0) is 0 Å². The van der Waals surface area contributed by atoms with Gasteiger partial charge in [0.2, 0.25) is 5.82 Å². The maximum Gasteiger partial charge on any atom is 0.316 e. The highest BCUT2D eigenvalue weighted by molar-refractivity contribution is 5.90. The van der Waals surface area contributed by atoms with E-state index >= 15 is 0 Å². The van der Waals surface area contributed by atoms with Gasteiger partial charge in [0.25, 0.3) is 0 Å². The molecule has 0 atom stereocenters. The van der Waals surface area contributed by atoms with Crippen molar-refractivity contribution < 1.29 is 14.4 Å². The lowest BCUT2D eigenvalue weighted by Crippen LogP contribution is -2.46. The molecule has 0 saturated heterocycles. The van der Waals surface area contributed by atoms with E-state index in [1.165, 1.54) is 0 Å². The van der Waals surface area contributed by atoms with Crippen molar-refractivity contribution in [2.75, 3.05) is 6.61 Å². The third-order valence-corrected chi connectivity index (χ3v) is 2.41. The maximum atomic E-state index is 11.8. The topological polar surface area (TPSA) is 101 Å². The fourth-order valence-corrected chi connectivity index (χ4v) is 1.33. The molecule has 0 aromatic carbocycles. The number of carbonyl (C=O) groups is 1. The number of aliphatic hydroxyl groups is 1. The molecule has 0 saturated carbocycles. The second-order valence-corrected chi connectivity index (χ2v) is 4.66. The highest BCUT2D eigenvalue weighted by Gasteiger charge is 2.24.